The van der Waals surface area contributed by atoms with Gasteiger partial charge in [0.1, 0.15) is 12.1 Å². The Morgan fingerprint density at radius 1 is 1.67 bits per heavy atom. The van der Waals surface area contributed by atoms with Crippen LogP contribution in [-0.4, -0.2) is 28.9 Å². The van der Waals surface area contributed by atoms with Gasteiger partial charge in [-0.15, -0.1) is 0 Å². The molecule has 0 amide bonds. The van der Waals surface area contributed by atoms with Crippen molar-refractivity contribution in [2.45, 2.75) is 13.3 Å². The summed E-state index contributed by atoms with van der Waals surface area (Å²) in [6.07, 6.45) is 3.88. The van der Waals surface area contributed by atoms with Crippen molar-refractivity contribution >= 4 is 34.2 Å². The van der Waals surface area contributed by atoms with Crippen LogP contribution in [-0.2, 0) is 0 Å². The molecule has 0 unspecified atom stereocenters. The Morgan fingerprint density at radius 2 is 2.40 bits per heavy atom. The van der Waals surface area contributed by atoms with E-state index in [0.29, 0.717) is 6.42 Å². The van der Waals surface area contributed by atoms with Gasteiger partial charge in [0, 0.05) is 25.7 Å². The number of hydrogen-bond donors (Lipinski definition) is 2. The molecular weight excluding hydrogens is 305 g/mol. The molecule has 0 saturated heterocycles. The van der Waals surface area contributed by atoms with Crippen LogP contribution in [0.1, 0.15) is 13.3 Å². The van der Waals surface area contributed by atoms with Crippen LogP contribution in [0.15, 0.2) is 12.5 Å². The third-order valence-electron chi connectivity index (χ3n) is 1.98. The second kappa shape index (κ2) is 5.84. The van der Waals surface area contributed by atoms with Crippen LogP contribution in [0.2, 0.25) is 0 Å². The summed E-state index contributed by atoms with van der Waals surface area (Å²) in [4.78, 5) is 10.3. The fraction of sp³-hybridized carbons (Fsp3) is 0.444. The molecule has 1 aromatic heterocycles. The first kappa shape index (κ1) is 12.2. The Morgan fingerprint density at radius 3 is 2.93 bits per heavy atom. The first-order valence-corrected chi connectivity index (χ1v) is 5.76. The van der Waals surface area contributed by atoms with Gasteiger partial charge in [0.05, 0.1) is 9.41 Å². The highest BCUT2D eigenvalue weighted by atomic mass is 127. The smallest absolute Gasteiger partial charge is 0.145 e. The normalized spacial score (nSPS) is 10.0. The largest absolute Gasteiger partial charge is 0.388 e. The molecule has 6 heteroatoms. The van der Waals surface area contributed by atoms with E-state index in [2.05, 4.69) is 44.4 Å². The molecule has 0 saturated carbocycles. The number of nitrogens with one attached hydrogen (secondary N) is 1. The maximum Gasteiger partial charge on any atom is 0.145 e. The second-order valence-electron chi connectivity index (χ2n) is 3.05. The molecule has 1 aromatic rings. The number of nitrogens with zero attached hydrogens (tertiary/aromatic N) is 3. The van der Waals surface area contributed by atoms with Gasteiger partial charge >= 0.3 is 0 Å². The summed E-state index contributed by atoms with van der Waals surface area (Å²) in [5.74, 6) is 1.12. The molecule has 0 aliphatic rings. The van der Waals surface area contributed by atoms with Crippen LogP contribution >= 0.6 is 22.6 Å². The van der Waals surface area contributed by atoms with Crippen molar-refractivity contribution < 1.29 is 0 Å². The monoisotopic (exact) mass is 319 g/mol. The molecule has 0 spiro atoms. The van der Waals surface area contributed by atoms with Gasteiger partial charge in [-0.05, 0) is 29.5 Å². The van der Waals surface area contributed by atoms with E-state index < -0.39 is 0 Å². The summed E-state index contributed by atoms with van der Waals surface area (Å²) in [5.41, 5.74) is 5.33. The van der Waals surface area contributed by atoms with Crippen molar-refractivity contribution in [3.8, 4) is 0 Å². The first-order valence-electron chi connectivity index (χ1n) is 4.68. The average molecular weight is 319 g/mol. The summed E-state index contributed by atoms with van der Waals surface area (Å²) in [6, 6.07) is 0. The summed E-state index contributed by atoms with van der Waals surface area (Å²) in [6.45, 7) is 3.62. The zero-order valence-corrected chi connectivity index (χ0v) is 10.7. The molecule has 0 fully saturated rings. The first-order chi connectivity index (χ1) is 7.15. The second-order valence-corrected chi connectivity index (χ2v) is 4.21. The lowest BCUT2D eigenvalue weighted by atomic mass is 10.3. The van der Waals surface area contributed by atoms with Crippen LogP contribution in [0.4, 0.5) is 5.82 Å². The molecule has 0 aliphatic heterocycles. The van der Waals surface area contributed by atoms with E-state index in [1.54, 1.807) is 6.20 Å². The third-order valence-corrected chi connectivity index (χ3v) is 2.74. The van der Waals surface area contributed by atoms with Crippen LogP contribution in [0.25, 0.3) is 0 Å². The number of halogens is 1. The van der Waals surface area contributed by atoms with Gasteiger partial charge in [-0.1, -0.05) is 0 Å². The summed E-state index contributed by atoms with van der Waals surface area (Å²) >= 11 is 2.20. The zero-order chi connectivity index (χ0) is 11.3. The van der Waals surface area contributed by atoms with Gasteiger partial charge in [-0.2, -0.15) is 0 Å². The topological polar surface area (TPSA) is 78.9 Å². The molecule has 82 valence electrons. The number of nitrogens with two attached hydrogens (primary N) is 1. The van der Waals surface area contributed by atoms with Gasteiger partial charge < -0.3 is 10.6 Å². The van der Waals surface area contributed by atoms with Gasteiger partial charge in [0.2, 0.25) is 0 Å². The Hall–Kier alpha value is -0.920. The van der Waals surface area contributed by atoms with E-state index in [1.165, 1.54) is 6.33 Å². The van der Waals surface area contributed by atoms with Gasteiger partial charge in [-0.25, -0.2) is 9.97 Å². The standard InChI is InChI=1S/C9H14IN5/c1-2-15(4-3-8(11)12)9-7(10)5-13-6-14-9/h5-6H,2-4H2,1H3,(H3,11,12). The molecule has 0 bridgehead atoms. The average Bonchev–Trinajstić information content (AvgIpc) is 2.21. The third kappa shape index (κ3) is 3.61. The van der Waals surface area contributed by atoms with E-state index in [1.807, 2.05) is 0 Å². The minimum absolute atomic E-state index is 0.206. The fourth-order valence-corrected chi connectivity index (χ4v) is 1.85. The van der Waals surface area contributed by atoms with Crippen molar-refractivity contribution in [1.29, 1.82) is 5.41 Å². The van der Waals surface area contributed by atoms with E-state index in [-0.39, 0.29) is 5.84 Å². The number of hydrogen-bond acceptors (Lipinski definition) is 4. The molecule has 15 heavy (non-hydrogen) atoms. The van der Waals surface area contributed by atoms with E-state index in [4.69, 9.17) is 11.1 Å². The summed E-state index contributed by atoms with van der Waals surface area (Å²) in [5, 5.41) is 7.20. The van der Waals surface area contributed by atoms with Crippen molar-refractivity contribution in [3.05, 3.63) is 16.1 Å². The molecule has 1 heterocycles. The lowest BCUT2D eigenvalue weighted by Crippen LogP contribution is -2.29. The van der Waals surface area contributed by atoms with E-state index >= 15 is 0 Å². The van der Waals surface area contributed by atoms with E-state index in [0.717, 1.165) is 22.5 Å². The lowest BCUT2D eigenvalue weighted by Gasteiger charge is -2.22. The van der Waals surface area contributed by atoms with Crippen LogP contribution < -0.4 is 10.6 Å². The highest BCUT2D eigenvalue weighted by molar-refractivity contribution is 14.1. The maximum atomic E-state index is 7.20. The summed E-state index contributed by atoms with van der Waals surface area (Å²) in [7, 11) is 0. The van der Waals surface area contributed by atoms with Crippen molar-refractivity contribution in [2.24, 2.45) is 5.73 Å². The minimum atomic E-state index is 0.206. The van der Waals surface area contributed by atoms with Gasteiger partial charge in [0.15, 0.2) is 0 Å². The van der Waals surface area contributed by atoms with Crippen LogP contribution in [0, 0.1) is 8.98 Å². The Balaban J connectivity index is 2.74. The maximum absolute atomic E-state index is 7.20. The van der Waals surface area contributed by atoms with E-state index in [9.17, 15) is 0 Å². The van der Waals surface area contributed by atoms with Crippen LogP contribution in [0.3, 0.4) is 0 Å². The highest BCUT2D eigenvalue weighted by Crippen LogP contribution is 2.17. The molecule has 5 nitrogen and oxygen atoms in total. The molecule has 0 aromatic carbocycles. The predicted molar refractivity (Wildman–Crippen MR) is 69.2 cm³/mol. The molecule has 0 radical (unpaired) electrons. The molecule has 0 atom stereocenters. The van der Waals surface area contributed by atoms with Crippen molar-refractivity contribution in [2.75, 3.05) is 18.0 Å². The Labute approximate surface area is 103 Å². The molecular formula is C9H14IN5. The zero-order valence-electron chi connectivity index (χ0n) is 8.57. The number of rotatable bonds is 5. The van der Waals surface area contributed by atoms with Gasteiger partial charge in [0.25, 0.3) is 0 Å². The Bertz CT molecular complexity index is 341. The predicted octanol–water partition coefficient (Wildman–Crippen LogP) is 1.23. The van der Waals surface area contributed by atoms with Crippen molar-refractivity contribution in [3.63, 3.8) is 0 Å². The SMILES string of the molecule is CCN(CCC(=N)N)c1ncncc1I. The minimum Gasteiger partial charge on any atom is -0.388 e. The lowest BCUT2D eigenvalue weighted by molar-refractivity contribution is 0.808. The quantitative estimate of drug-likeness (QED) is 0.486. The van der Waals surface area contributed by atoms with Crippen LogP contribution in [0.5, 0.6) is 0 Å². The number of amidine groups is 1. The Kier molecular flexibility index (Phi) is 4.73. The molecule has 0 aliphatic carbocycles. The fourth-order valence-electron chi connectivity index (χ4n) is 1.21. The van der Waals surface area contributed by atoms with Gasteiger partial charge in [-0.3, -0.25) is 5.41 Å². The summed E-state index contributed by atoms with van der Waals surface area (Å²) < 4.78 is 1.01. The molecule has 3 N–H and O–H groups in total. The molecule has 1 rings (SSSR count). The number of aromatic nitrogens is 2. The van der Waals surface area contributed by atoms with Crippen molar-refractivity contribution in [1.82, 2.24) is 9.97 Å². The number of anilines is 1. The highest BCUT2D eigenvalue weighted by Gasteiger charge is 2.09.